The van der Waals surface area contributed by atoms with Crippen molar-refractivity contribution in [3.8, 4) is 0 Å². The van der Waals surface area contributed by atoms with Crippen LogP contribution in [0, 0.1) is 0 Å². The Morgan fingerprint density at radius 1 is 1.04 bits per heavy atom. The van der Waals surface area contributed by atoms with Gasteiger partial charge in [-0.3, -0.25) is 4.90 Å². The van der Waals surface area contributed by atoms with E-state index in [4.69, 9.17) is 4.74 Å². The molecule has 0 radical (unpaired) electrons. The monoisotopic (exact) mass is 331 g/mol. The number of rotatable bonds is 6. The van der Waals surface area contributed by atoms with Crippen LogP contribution in [0.2, 0.25) is 0 Å². The number of morpholine rings is 1. The minimum absolute atomic E-state index is 0.289. The van der Waals surface area contributed by atoms with Crippen LogP contribution < -0.4 is 0 Å². The van der Waals surface area contributed by atoms with E-state index in [-0.39, 0.29) is 5.54 Å². The quantitative estimate of drug-likeness (QED) is 0.793. The molecular formula is C20H33N3O. The Balaban J connectivity index is 1.50. The predicted molar refractivity (Wildman–Crippen MR) is 99.5 cm³/mol. The van der Waals surface area contributed by atoms with Gasteiger partial charge in [0.2, 0.25) is 0 Å². The number of hydrogen-bond acceptors (Lipinski definition) is 4. The van der Waals surface area contributed by atoms with Crippen molar-refractivity contribution in [2.45, 2.75) is 24.8 Å². The lowest BCUT2D eigenvalue weighted by atomic mass is 9.85. The van der Waals surface area contributed by atoms with E-state index in [1.807, 2.05) is 0 Å². The van der Waals surface area contributed by atoms with Gasteiger partial charge in [0.1, 0.15) is 0 Å². The zero-order valence-electron chi connectivity index (χ0n) is 15.4. The lowest BCUT2D eigenvalue weighted by Gasteiger charge is -2.51. The highest BCUT2D eigenvalue weighted by molar-refractivity contribution is 5.15. The van der Waals surface area contributed by atoms with Gasteiger partial charge in [-0.2, -0.15) is 0 Å². The van der Waals surface area contributed by atoms with Gasteiger partial charge in [-0.15, -0.1) is 0 Å². The number of piperidine rings is 1. The van der Waals surface area contributed by atoms with E-state index in [9.17, 15) is 0 Å². The Hall–Kier alpha value is -0.940. The summed E-state index contributed by atoms with van der Waals surface area (Å²) in [4.78, 5) is 7.64. The van der Waals surface area contributed by atoms with Crippen LogP contribution >= 0.6 is 0 Å². The Kier molecular flexibility index (Phi) is 6.28. The lowest BCUT2D eigenvalue weighted by Crippen LogP contribution is -2.62. The fourth-order valence-electron chi connectivity index (χ4n) is 4.02. The molecule has 1 aromatic carbocycles. The van der Waals surface area contributed by atoms with E-state index in [0.29, 0.717) is 0 Å². The van der Waals surface area contributed by atoms with Gasteiger partial charge in [0, 0.05) is 31.7 Å². The van der Waals surface area contributed by atoms with Gasteiger partial charge in [0.05, 0.1) is 13.2 Å². The van der Waals surface area contributed by atoms with Gasteiger partial charge in [-0.25, -0.2) is 0 Å². The Morgan fingerprint density at radius 3 is 2.50 bits per heavy atom. The standard InChI is InChI=1S/C20H33N3O/c1-21(2)14-15-23-16-17-24-18-20(23)9-12-22(13-10-20)11-8-19-6-4-3-5-7-19/h3-7H,8-18H2,1-2H3. The summed E-state index contributed by atoms with van der Waals surface area (Å²) in [5, 5.41) is 0. The van der Waals surface area contributed by atoms with Crippen LogP contribution in [0.25, 0.3) is 0 Å². The molecule has 24 heavy (non-hydrogen) atoms. The number of nitrogens with zero attached hydrogens (tertiary/aromatic N) is 3. The summed E-state index contributed by atoms with van der Waals surface area (Å²) >= 11 is 0. The fourth-order valence-corrected chi connectivity index (χ4v) is 4.02. The molecule has 3 rings (SSSR count). The number of likely N-dealkylation sites (tertiary alicyclic amines) is 1. The zero-order valence-corrected chi connectivity index (χ0v) is 15.4. The van der Waals surface area contributed by atoms with Gasteiger partial charge in [0.25, 0.3) is 0 Å². The molecule has 2 heterocycles. The number of benzene rings is 1. The largest absolute Gasteiger partial charge is 0.378 e. The minimum Gasteiger partial charge on any atom is -0.378 e. The van der Waals surface area contributed by atoms with Crippen molar-refractivity contribution in [3.63, 3.8) is 0 Å². The molecule has 1 aromatic rings. The molecule has 0 aromatic heterocycles. The maximum absolute atomic E-state index is 5.89. The third-order valence-electron chi connectivity index (χ3n) is 5.71. The molecule has 0 atom stereocenters. The second-order valence-electron chi connectivity index (χ2n) is 7.64. The molecule has 0 saturated carbocycles. The van der Waals surface area contributed by atoms with Crippen molar-refractivity contribution in [2.24, 2.45) is 0 Å². The molecule has 2 aliphatic heterocycles. The summed E-state index contributed by atoms with van der Waals surface area (Å²) in [6.07, 6.45) is 3.65. The minimum atomic E-state index is 0.289. The van der Waals surface area contributed by atoms with Crippen LogP contribution in [0.4, 0.5) is 0 Å². The van der Waals surface area contributed by atoms with E-state index in [1.54, 1.807) is 0 Å². The van der Waals surface area contributed by atoms with Gasteiger partial charge < -0.3 is 14.5 Å². The summed E-state index contributed by atoms with van der Waals surface area (Å²) < 4.78 is 5.89. The third-order valence-corrected chi connectivity index (χ3v) is 5.71. The molecule has 1 spiro atoms. The normalized spacial score (nSPS) is 22.3. The average molecular weight is 332 g/mol. The molecule has 2 fully saturated rings. The zero-order chi connectivity index (χ0) is 16.8. The second-order valence-corrected chi connectivity index (χ2v) is 7.64. The van der Waals surface area contributed by atoms with Gasteiger partial charge in [-0.1, -0.05) is 30.3 Å². The van der Waals surface area contributed by atoms with Crippen LogP contribution in [-0.4, -0.2) is 86.8 Å². The molecule has 0 aliphatic carbocycles. The molecule has 2 aliphatic rings. The fraction of sp³-hybridized carbons (Fsp3) is 0.700. The van der Waals surface area contributed by atoms with E-state index in [0.717, 1.165) is 32.7 Å². The van der Waals surface area contributed by atoms with Crippen molar-refractivity contribution < 1.29 is 4.74 Å². The predicted octanol–water partition coefficient (Wildman–Crippen LogP) is 1.96. The summed E-state index contributed by atoms with van der Waals surface area (Å²) in [6, 6.07) is 10.9. The Bertz CT molecular complexity index is 483. The molecular weight excluding hydrogens is 298 g/mol. The first-order valence-electron chi connectivity index (χ1n) is 9.42. The molecule has 4 nitrogen and oxygen atoms in total. The maximum atomic E-state index is 5.89. The topological polar surface area (TPSA) is 19.0 Å². The first-order valence-corrected chi connectivity index (χ1v) is 9.42. The van der Waals surface area contributed by atoms with Crippen molar-refractivity contribution in [2.75, 3.05) is 66.6 Å². The highest BCUT2D eigenvalue weighted by Gasteiger charge is 2.41. The summed E-state index contributed by atoms with van der Waals surface area (Å²) in [5.74, 6) is 0. The summed E-state index contributed by atoms with van der Waals surface area (Å²) in [7, 11) is 4.33. The molecule has 0 amide bonds. The lowest BCUT2D eigenvalue weighted by molar-refractivity contribution is -0.0956. The van der Waals surface area contributed by atoms with E-state index < -0.39 is 0 Å². The SMILES string of the molecule is CN(C)CCN1CCOCC12CCN(CCc1ccccc1)CC2. The first kappa shape index (κ1) is 17.9. The molecule has 134 valence electrons. The van der Waals surface area contributed by atoms with E-state index in [1.165, 1.54) is 44.6 Å². The van der Waals surface area contributed by atoms with Gasteiger partial charge >= 0.3 is 0 Å². The van der Waals surface area contributed by atoms with Crippen LogP contribution in [0.5, 0.6) is 0 Å². The third kappa shape index (κ3) is 4.57. The molecule has 0 N–H and O–H groups in total. The maximum Gasteiger partial charge on any atom is 0.0652 e. The summed E-state index contributed by atoms with van der Waals surface area (Å²) in [6.45, 7) is 8.81. The van der Waals surface area contributed by atoms with Crippen LogP contribution in [-0.2, 0) is 11.2 Å². The highest BCUT2D eigenvalue weighted by Crippen LogP contribution is 2.31. The molecule has 2 saturated heterocycles. The summed E-state index contributed by atoms with van der Waals surface area (Å²) in [5.41, 5.74) is 1.74. The van der Waals surface area contributed by atoms with E-state index in [2.05, 4.69) is 59.1 Å². The van der Waals surface area contributed by atoms with Crippen LogP contribution in [0.3, 0.4) is 0 Å². The average Bonchev–Trinajstić information content (AvgIpc) is 2.61. The Morgan fingerprint density at radius 2 is 1.79 bits per heavy atom. The molecule has 0 unspecified atom stereocenters. The number of likely N-dealkylation sites (N-methyl/N-ethyl adjacent to an activating group) is 1. The Labute approximate surface area is 147 Å². The van der Waals surface area contributed by atoms with Gasteiger partial charge in [0.15, 0.2) is 0 Å². The van der Waals surface area contributed by atoms with Crippen molar-refractivity contribution in [3.05, 3.63) is 35.9 Å². The van der Waals surface area contributed by atoms with Crippen molar-refractivity contribution >= 4 is 0 Å². The second kappa shape index (κ2) is 8.43. The van der Waals surface area contributed by atoms with Crippen LogP contribution in [0.1, 0.15) is 18.4 Å². The van der Waals surface area contributed by atoms with Gasteiger partial charge in [-0.05, 0) is 52.0 Å². The number of hydrogen-bond donors (Lipinski definition) is 0. The van der Waals surface area contributed by atoms with Crippen molar-refractivity contribution in [1.29, 1.82) is 0 Å². The first-order chi connectivity index (χ1) is 11.7. The number of ether oxygens (including phenoxy) is 1. The highest BCUT2D eigenvalue weighted by atomic mass is 16.5. The molecule has 0 bridgehead atoms. The molecule has 4 heteroatoms. The van der Waals surface area contributed by atoms with E-state index >= 15 is 0 Å². The van der Waals surface area contributed by atoms with Crippen LogP contribution in [0.15, 0.2) is 30.3 Å². The van der Waals surface area contributed by atoms with Crippen molar-refractivity contribution in [1.82, 2.24) is 14.7 Å². The smallest absolute Gasteiger partial charge is 0.0652 e.